The van der Waals surface area contributed by atoms with Gasteiger partial charge < -0.3 is 5.32 Å². The first-order chi connectivity index (χ1) is 9.60. The molecule has 0 aliphatic rings. The maximum Gasteiger partial charge on any atom is 0.0831 e. The summed E-state index contributed by atoms with van der Waals surface area (Å²) in [4.78, 5) is 0. The molecule has 2 aromatic heterocycles. The third kappa shape index (κ3) is 2.77. The highest BCUT2D eigenvalue weighted by atomic mass is 15.3. The largest absolute Gasteiger partial charge is 0.316 e. The minimum Gasteiger partial charge on any atom is -0.316 e. The summed E-state index contributed by atoms with van der Waals surface area (Å²) >= 11 is 0. The summed E-state index contributed by atoms with van der Waals surface area (Å²) in [6.07, 6.45) is 0.974. The van der Waals surface area contributed by atoms with E-state index in [4.69, 9.17) is 0 Å². The predicted molar refractivity (Wildman–Crippen MR) is 80.8 cm³/mol. The molecule has 5 heteroatoms. The minimum absolute atomic E-state index is 0.789. The van der Waals surface area contributed by atoms with Crippen molar-refractivity contribution in [3.63, 3.8) is 0 Å². The third-order valence-corrected chi connectivity index (χ3v) is 3.77. The molecular formula is C15H25N5. The van der Waals surface area contributed by atoms with Crippen LogP contribution in [0.25, 0.3) is 0 Å². The normalized spacial score (nSPS) is 11.2. The molecule has 2 heterocycles. The van der Waals surface area contributed by atoms with Gasteiger partial charge in [0.1, 0.15) is 0 Å². The molecule has 2 aromatic rings. The van der Waals surface area contributed by atoms with Gasteiger partial charge in [-0.3, -0.25) is 9.36 Å². The van der Waals surface area contributed by atoms with Crippen LogP contribution in [-0.2, 0) is 26.1 Å². The van der Waals surface area contributed by atoms with Gasteiger partial charge in [0.25, 0.3) is 0 Å². The van der Waals surface area contributed by atoms with E-state index in [2.05, 4.69) is 58.6 Å². The number of nitrogens with zero attached hydrogens (tertiary/aromatic N) is 4. The molecule has 0 aromatic carbocycles. The van der Waals surface area contributed by atoms with Crippen molar-refractivity contribution in [2.24, 2.45) is 0 Å². The van der Waals surface area contributed by atoms with E-state index in [0.29, 0.717) is 0 Å². The molecule has 0 aliphatic heterocycles. The van der Waals surface area contributed by atoms with Crippen LogP contribution < -0.4 is 5.32 Å². The molecular weight excluding hydrogens is 250 g/mol. The highest BCUT2D eigenvalue weighted by molar-refractivity contribution is 5.25. The summed E-state index contributed by atoms with van der Waals surface area (Å²) in [6, 6.07) is 2.19. The highest BCUT2D eigenvalue weighted by Gasteiger charge is 2.13. The lowest BCUT2D eigenvalue weighted by Crippen LogP contribution is -2.11. The number of rotatable bonds is 6. The van der Waals surface area contributed by atoms with Gasteiger partial charge in [0, 0.05) is 24.3 Å². The van der Waals surface area contributed by atoms with Crippen LogP contribution in [0, 0.1) is 13.8 Å². The van der Waals surface area contributed by atoms with E-state index < -0.39 is 0 Å². The van der Waals surface area contributed by atoms with Crippen LogP contribution in [0.15, 0.2) is 6.07 Å². The van der Waals surface area contributed by atoms with Crippen molar-refractivity contribution in [3.8, 4) is 0 Å². The quantitative estimate of drug-likeness (QED) is 0.877. The number of hydrogen-bond donors (Lipinski definition) is 1. The Bertz CT molecular complexity index is 579. The Balaban J connectivity index is 2.30. The highest BCUT2D eigenvalue weighted by Crippen LogP contribution is 2.15. The molecule has 0 unspecified atom stereocenters. The van der Waals surface area contributed by atoms with Crippen molar-refractivity contribution in [3.05, 3.63) is 34.4 Å². The predicted octanol–water partition coefficient (Wildman–Crippen LogP) is 2.05. The van der Waals surface area contributed by atoms with Crippen LogP contribution in [-0.4, -0.2) is 26.6 Å². The molecule has 5 nitrogen and oxygen atoms in total. The maximum atomic E-state index is 4.67. The molecule has 0 saturated carbocycles. The number of hydrogen-bond acceptors (Lipinski definition) is 3. The fourth-order valence-corrected chi connectivity index (χ4v) is 2.56. The third-order valence-electron chi connectivity index (χ3n) is 3.77. The molecule has 0 saturated heterocycles. The molecule has 0 atom stereocenters. The summed E-state index contributed by atoms with van der Waals surface area (Å²) in [6.45, 7) is 11.0. The minimum atomic E-state index is 0.789. The summed E-state index contributed by atoms with van der Waals surface area (Å²) in [5.41, 5.74) is 6.02. The molecule has 2 rings (SSSR count). The van der Waals surface area contributed by atoms with E-state index in [-0.39, 0.29) is 0 Å². The van der Waals surface area contributed by atoms with Crippen LogP contribution in [0.4, 0.5) is 0 Å². The van der Waals surface area contributed by atoms with Crippen molar-refractivity contribution in [2.75, 3.05) is 7.05 Å². The second-order valence-corrected chi connectivity index (χ2v) is 5.13. The SMILES string of the molecule is CCc1cc(Cn2nc(C)c(CNC)c2C)n(CC)n1. The smallest absolute Gasteiger partial charge is 0.0831 e. The van der Waals surface area contributed by atoms with E-state index in [0.717, 1.165) is 37.4 Å². The molecule has 110 valence electrons. The first-order valence-corrected chi connectivity index (χ1v) is 7.33. The molecule has 0 aliphatic carbocycles. The Morgan fingerprint density at radius 3 is 2.50 bits per heavy atom. The Morgan fingerprint density at radius 2 is 1.90 bits per heavy atom. The van der Waals surface area contributed by atoms with Gasteiger partial charge in [-0.05, 0) is 40.3 Å². The van der Waals surface area contributed by atoms with Crippen molar-refractivity contribution in [1.82, 2.24) is 24.9 Å². The Labute approximate surface area is 121 Å². The van der Waals surface area contributed by atoms with E-state index in [9.17, 15) is 0 Å². The zero-order valence-electron chi connectivity index (χ0n) is 13.2. The Morgan fingerprint density at radius 1 is 1.15 bits per heavy atom. The Hall–Kier alpha value is -1.62. The average Bonchev–Trinajstić information content (AvgIpc) is 2.95. The van der Waals surface area contributed by atoms with Gasteiger partial charge in [0.2, 0.25) is 0 Å². The lowest BCUT2D eigenvalue weighted by Gasteiger charge is -2.07. The molecule has 0 spiro atoms. The topological polar surface area (TPSA) is 47.7 Å². The number of aryl methyl sites for hydroxylation is 3. The summed E-state index contributed by atoms with van der Waals surface area (Å²) < 4.78 is 4.16. The van der Waals surface area contributed by atoms with Crippen LogP contribution in [0.3, 0.4) is 0 Å². The van der Waals surface area contributed by atoms with Gasteiger partial charge in [-0.25, -0.2) is 0 Å². The fourth-order valence-electron chi connectivity index (χ4n) is 2.56. The van der Waals surface area contributed by atoms with Crippen molar-refractivity contribution in [1.29, 1.82) is 0 Å². The van der Waals surface area contributed by atoms with E-state index in [1.807, 2.05) is 7.05 Å². The maximum absolute atomic E-state index is 4.67. The molecule has 0 bridgehead atoms. The van der Waals surface area contributed by atoms with Crippen LogP contribution in [0.5, 0.6) is 0 Å². The summed E-state index contributed by atoms with van der Waals surface area (Å²) in [7, 11) is 1.97. The second-order valence-electron chi connectivity index (χ2n) is 5.13. The van der Waals surface area contributed by atoms with Crippen LogP contribution >= 0.6 is 0 Å². The summed E-state index contributed by atoms with van der Waals surface area (Å²) in [5, 5.41) is 12.5. The lowest BCUT2D eigenvalue weighted by molar-refractivity contribution is 0.565. The van der Waals surface area contributed by atoms with Crippen LogP contribution in [0.2, 0.25) is 0 Å². The van der Waals surface area contributed by atoms with Crippen molar-refractivity contribution < 1.29 is 0 Å². The Kier molecular flexibility index (Phi) is 4.60. The first kappa shape index (κ1) is 14.8. The van der Waals surface area contributed by atoms with Gasteiger partial charge in [0.05, 0.1) is 23.6 Å². The first-order valence-electron chi connectivity index (χ1n) is 7.33. The zero-order valence-corrected chi connectivity index (χ0v) is 13.2. The zero-order chi connectivity index (χ0) is 14.7. The molecule has 0 fully saturated rings. The molecule has 0 radical (unpaired) electrons. The van der Waals surface area contributed by atoms with E-state index in [1.165, 1.54) is 17.0 Å². The van der Waals surface area contributed by atoms with Gasteiger partial charge in [-0.1, -0.05) is 6.92 Å². The second kappa shape index (κ2) is 6.22. The van der Waals surface area contributed by atoms with Crippen molar-refractivity contribution in [2.45, 2.75) is 53.8 Å². The van der Waals surface area contributed by atoms with E-state index in [1.54, 1.807) is 0 Å². The molecule has 0 amide bonds. The van der Waals surface area contributed by atoms with Gasteiger partial charge in [-0.2, -0.15) is 10.2 Å². The van der Waals surface area contributed by atoms with Crippen LogP contribution in [0.1, 0.15) is 42.2 Å². The average molecular weight is 275 g/mol. The van der Waals surface area contributed by atoms with Crippen molar-refractivity contribution >= 4 is 0 Å². The van der Waals surface area contributed by atoms with Gasteiger partial charge in [-0.15, -0.1) is 0 Å². The van der Waals surface area contributed by atoms with Gasteiger partial charge >= 0.3 is 0 Å². The lowest BCUT2D eigenvalue weighted by atomic mass is 10.2. The molecule has 1 N–H and O–H groups in total. The van der Waals surface area contributed by atoms with E-state index >= 15 is 0 Å². The molecule has 20 heavy (non-hydrogen) atoms. The standard InChI is InChI=1S/C15H25N5/c1-6-13-8-14(19(7-2)18-13)10-20-12(4)15(9-16-5)11(3)17-20/h8,16H,6-7,9-10H2,1-5H3. The van der Waals surface area contributed by atoms with Gasteiger partial charge in [0.15, 0.2) is 0 Å². The monoisotopic (exact) mass is 275 g/mol. The summed E-state index contributed by atoms with van der Waals surface area (Å²) in [5.74, 6) is 0. The number of nitrogens with one attached hydrogen (secondary N) is 1. The fraction of sp³-hybridized carbons (Fsp3) is 0.600. The number of aromatic nitrogens is 4.